The van der Waals surface area contributed by atoms with Crippen molar-refractivity contribution < 1.29 is 0 Å². The van der Waals surface area contributed by atoms with Gasteiger partial charge in [0, 0.05) is 47.7 Å². The van der Waals surface area contributed by atoms with E-state index in [4.69, 9.17) is 24.9 Å². The van der Waals surface area contributed by atoms with Crippen LogP contribution in [0.15, 0.2) is 218 Å². The highest BCUT2D eigenvalue weighted by Gasteiger charge is 2.24. The summed E-state index contributed by atoms with van der Waals surface area (Å²) in [4.78, 5) is 27.5. The van der Waals surface area contributed by atoms with Crippen LogP contribution in [0.3, 0.4) is 0 Å². The van der Waals surface area contributed by atoms with Crippen LogP contribution in [-0.2, 0) is 18.3 Å². The predicted molar refractivity (Wildman–Crippen MR) is 342 cm³/mol. The van der Waals surface area contributed by atoms with Gasteiger partial charge in [0.05, 0.1) is 28.1 Å². The number of aromatic nitrogens is 6. The van der Waals surface area contributed by atoms with E-state index in [1.165, 1.54) is 27.8 Å². The van der Waals surface area contributed by atoms with Crippen LogP contribution in [0.5, 0.6) is 0 Å². The van der Waals surface area contributed by atoms with Crippen molar-refractivity contribution in [3.63, 3.8) is 0 Å². The van der Waals surface area contributed by atoms with E-state index in [1.54, 1.807) is 0 Å². The molecule has 0 spiro atoms. The van der Waals surface area contributed by atoms with E-state index in [9.17, 15) is 0 Å². The zero-order chi connectivity index (χ0) is 54.7. The molecule has 0 bridgehead atoms. The Morgan fingerprint density at radius 1 is 0.375 bits per heavy atom. The molecule has 0 saturated heterocycles. The molecule has 0 saturated carbocycles. The van der Waals surface area contributed by atoms with Crippen molar-refractivity contribution in [2.45, 2.75) is 78.6 Å². The van der Waals surface area contributed by atoms with Gasteiger partial charge in [0.25, 0.3) is 0 Å². The SMILES string of the molecule is CCCCc1cc(CCCC)cc(-c2nc(-c3cc(I)cc(C(C)(C)C)c3)nc(-c3cc(-c4nc(-c5ccccc5)cc(-c5ccccc5)n4)ccc3-n3c4ccc(-c5ccccc5)cc4c4cc(-c5ccccc5)ccc43)n2)c1. The summed E-state index contributed by atoms with van der Waals surface area (Å²) >= 11 is 2.45. The molecule has 12 aromatic rings. The maximum atomic E-state index is 5.66. The van der Waals surface area contributed by atoms with Crippen molar-refractivity contribution in [3.05, 3.63) is 239 Å². The Hall–Kier alpha value is -8.40. The second-order valence-corrected chi connectivity index (χ2v) is 23.2. The molecule has 7 heteroatoms. The van der Waals surface area contributed by atoms with Gasteiger partial charge in [-0.3, -0.25) is 0 Å². The summed E-state index contributed by atoms with van der Waals surface area (Å²) in [5.41, 5.74) is 18.8. The zero-order valence-corrected chi connectivity index (χ0v) is 48.2. The molecule has 0 aliphatic carbocycles. The van der Waals surface area contributed by atoms with E-state index in [1.807, 2.05) is 12.1 Å². The summed E-state index contributed by atoms with van der Waals surface area (Å²) < 4.78 is 3.53. The van der Waals surface area contributed by atoms with E-state index in [0.29, 0.717) is 23.3 Å². The third-order valence-corrected chi connectivity index (χ3v) is 15.8. The average molecular weight is 1150 g/mol. The number of nitrogens with zero attached hydrogens (tertiary/aromatic N) is 6. The first-order valence-electron chi connectivity index (χ1n) is 28.1. The molecular weight excluding hydrogens is 1090 g/mol. The molecule has 0 fully saturated rings. The number of unbranched alkanes of at least 4 members (excludes halogenated alkanes) is 2. The third-order valence-electron chi connectivity index (χ3n) is 15.2. The smallest absolute Gasteiger partial charge is 0.166 e. The van der Waals surface area contributed by atoms with Crippen LogP contribution in [0.1, 0.15) is 77.0 Å². The van der Waals surface area contributed by atoms with Gasteiger partial charge in [-0.1, -0.05) is 187 Å². The molecule has 3 heterocycles. The van der Waals surface area contributed by atoms with Gasteiger partial charge in [-0.15, -0.1) is 0 Å². The summed E-state index contributed by atoms with van der Waals surface area (Å²) in [5.74, 6) is 2.43. The van der Waals surface area contributed by atoms with Gasteiger partial charge < -0.3 is 4.57 Å². The summed E-state index contributed by atoms with van der Waals surface area (Å²) in [6, 6.07) is 78.3. The third kappa shape index (κ3) is 11.0. The molecule has 80 heavy (non-hydrogen) atoms. The average Bonchev–Trinajstić information content (AvgIpc) is 4.02. The first-order chi connectivity index (χ1) is 39.1. The van der Waals surface area contributed by atoms with E-state index in [-0.39, 0.29) is 5.41 Å². The molecule has 9 aromatic carbocycles. The van der Waals surface area contributed by atoms with E-state index in [0.717, 1.165) is 125 Å². The highest BCUT2D eigenvalue weighted by molar-refractivity contribution is 14.1. The van der Waals surface area contributed by atoms with Crippen molar-refractivity contribution in [1.82, 2.24) is 29.5 Å². The topological polar surface area (TPSA) is 69.4 Å². The Balaban J connectivity index is 1.17. The molecule has 0 N–H and O–H groups in total. The maximum Gasteiger partial charge on any atom is 0.166 e. The first-order valence-corrected chi connectivity index (χ1v) is 29.2. The number of aryl methyl sites for hydroxylation is 2. The van der Waals surface area contributed by atoms with Crippen LogP contribution < -0.4 is 0 Å². The van der Waals surface area contributed by atoms with E-state index >= 15 is 0 Å². The Morgan fingerprint density at radius 3 is 1.31 bits per heavy atom. The van der Waals surface area contributed by atoms with Crippen LogP contribution >= 0.6 is 22.6 Å². The largest absolute Gasteiger partial charge is 0.308 e. The fourth-order valence-electron chi connectivity index (χ4n) is 10.9. The van der Waals surface area contributed by atoms with Crippen LogP contribution in [0.25, 0.3) is 118 Å². The monoisotopic (exact) mass is 1150 g/mol. The molecule has 0 unspecified atom stereocenters. The molecule has 6 nitrogen and oxygen atoms in total. The Kier molecular flexibility index (Phi) is 14.9. The number of rotatable bonds is 15. The van der Waals surface area contributed by atoms with Gasteiger partial charge in [-0.2, -0.15) is 0 Å². The second kappa shape index (κ2) is 22.8. The maximum absolute atomic E-state index is 5.66. The van der Waals surface area contributed by atoms with Crippen LogP contribution in [-0.4, -0.2) is 29.5 Å². The lowest BCUT2D eigenvalue weighted by Gasteiger charge is -2.20. The number of halogens is 1. The number of benzene rings is 9. The van der Waals surface area contributed by atoms with Crippen molar-refractivity contribution in [1.29, 1.82) is 0 Å². The van der Waals surface area contributed by atoms with Crippen molar-refractivity contribution in [3.8, 4) is 96.0 Å². The van der Waals surface area contributed by atoms with Gasteiger partial charge in [0.2, 0.25) is 0 Å². The van der Waals surface area contributed by atoms with Crippen LogP contribution in [0.4, 0.5) is 0 Å². The number of fused-ring (bicyclic) bond motifs is 3. The lowest BCUT2D eigenvalue weighted by molar-refractivity contribution is 0.590. The van der Waals surface area contributed by atoms with Crippen LogP contribution in [0.2, 0.25) is 0 Å². The quantitative estimate of drug-likeness (QED) is 0.0957. The molecule has 0 radical (unpaired) electrons. The molecular formula is C73H63IN6. The Bertz CT molecular complexity index is 4000. The van der Waals surface area contributed by atoms with Gasteiger partial charge in [0.1, 0.15) is 0 Å². The standard InChI is InChI=1S/C73H63IN6/c1-6-8-22-48-38-49(23-9-7-2)40-57(39-48)70-77-71(58-41-59(73(3,4)5)46-60(74)42-58)79-72(78-70)63-45-56(69-75-64(52-28-18-12-19-29-52)47-65(76-69)53-30-20-13-21-31-53)34-37-68(63)80-66-35-32-54(50-24-14-10-15-25-50)43-61(66)62-44-55(33-36-67(62)80)51-26-16-11-17-27-51/h10-21,24-47H,6-9,22-23H2,1-5H3. The summed E-state index contributed by atoms with van der Waals surface area (Å²) in [5, 5.41) is 2.30. The van der Waals surface area contributed by atoms with Gasteiger partial charge >= 0.3 is 0 Å². The van der Waals surface area contributed by atoms with E-state index in [2.05, 4.69) is 268 Å². The highest BCUT2D eigenvalue weighted by atomic mass is 127. The molecule has 3 aromatic heterocycles. The minimum atomic E-state index is -0.109. The highest BCUT2D eigenvalue weighted by Crippen LogP contribution is 2.42. The number of hydrogen-bond acceptors (Lipinski definition) is 5. The van der Waals surface area contributed by atoms with Crippen LogP contribution in [0, 0.1) is 3.57 Å². The van der Waals surface area contributed by atoms with Gasteiger partial charge in [-0.25, -0.2) is 24.9 Å². The lowest BCUT2D eigenvalue weighted by atomic mass is 9.86. The minimum absolute atomic E-state index is 0.109. The molecule has 0 aliphatic heterocycles. The predicted octanol–water partition coefficient (Wildman–Crippen LogP) is 19.7. The molecule has 0 amide bonds. The second-order valence-electron chi connectivity index (χ2n) is 22.0. The fourth-order valence-corrected chi connectivity index (χ4v) is 11.6. The minimum Gasteiger partial charge on any atom is -0.308 e. The molecule has 0 aliphatic rings. The zero-order valence-electron chi connectivity index (χ0n) is 46.1. The lowest BCUT2D eigenvalue weighted by Crippen LogP contribution is -2.12. The van der Waals surface area contributed by atoms with Gasteiger partial charge in [0.15, 0.2) is 23.3 Å². The molecule has 12 rings (SSSR count). The van der Waals surface area contributed by atoms with Crippen molar-refractivity contribution in [2.75, 3.05) is 0 Å². The summed E-state index contributed by atoms with van der Waals surface area (Å²) in [7, 11) is 0. The molecule has 0 atom stereocenters. The van der Waals surface area contributed by atoms with E-state index < -0.39 is 0 Å². The first kappa shape index (κ1) is 52.3. The Morgan fingerprint density at radius 2 is 0.825 bits per heavy atom. The van der Waals surface area contributed by atoms with Crippen molar-refractivity contribution in [2.24, 2.45) is 0 Å². The van der Waals surface area contributed by atoms with Crippen molar-refractivity contribution >= 4 is 44.4 Å². The molecule has 392 valence electrons. The normalized spacial score (nSPS) is 11.7. The Labute approximate surface area is 483 Å². The summed E-state index contributed by atoms with van der Waals surface area (Å²) in [6.07, 6.45) is 6.43. The van der Waals surface area contributed by atoms with Gasteiger partial charge in [-0.05, 0) is 171 Å². The number of hydrogen-bond donors (Lipinski definition) is 0. The summed E-state index contributed by atoms with van der Waals surface area (Å²) in [6.45, 7) is 11.3. The fraction of sp³-hybridized carbons (Fsp3) is 0.164.